The van der Waals surface area contributed by atoms with Crippen molar-refractivity contribution in [2.45, 2.75) is 31.5 Å². The molecule has 3 aromatic rings. The van der Waals surface area contributed by atoms with Crippen LogP contribution < -0.4 is 5.32 Å². The molecule has 1 aliphatic carbocycles. The molecule has 0 saturated carbocycles. The quantitative estimate of drug-likeness (QED) is 0.665. The molecule has 154 valence electrons. The minimum absolute atomic E-state index is 0.169. The summed E-state index contributed by atoms with van der Waals surface area (Å²) >= 11 is 0. The van der Waals surface area contributed by atoms with Crippen LogP contribution in [0.5, 0.6) is 0 Å². The van der Waals surface area contributed by atoms with E-state index in [1.54, 1.807) is 23.0 Å². The fraction of sp³-hybridized carbons (Fsp3) is 0.316. The second-order valence-electron chi connectivity index (χ2n) is 6.91. The van der Waals surface area contributed by atoms with Crippen LogP contribution in [0.15, 0.2) is 30.6 Å². The molecule has 0 unspecified atom stereocenters. The lowest BCUT2D eigenvalue weighted by atomic mass is 9.93. The van der Waals surface area contributed by atoms with Crippen molar-refractivity contribution in [3.8, 4) is 5.69 Å². The van der Waals surface area contributed by atoms with E-state index in [0.29, 0.717) is 12.1 Å². The predicted molar refractivity (Wildman–Crippen MR) is 99.0 cm³/mol. The Balaban J connectivity index is 1.59. The standard InChI is InChI=1S/C19H16F3N7O/c1-23-17-8-11(6-7-24-17)29-10-12-13(4-3-5-14(12)26-29)25-18(30)15-9-16(19(20,21)22)27-28(15)2/h6-10,13H,3-5H2,2H3,(H,25,30)/t13-/m1/s1. The maximum absolute atomic E-state index is 12.9. The average molecular weight is 415 g/mol. The number of aromatic nitrogens is 5. The number of hydrogen-bond acceptors (Lipinski definition) is 4. The van der Waals surface area contributed by atoms with Gasteiger partial charge in [-0.2, -0.15) is 23.4 Å². The van der Waals surface area contributed by atoms with Crippen molar-refractivity contribution in [1.29, 1.82) is 0 Å². The highest BCUT2D eigenvalue weighted by Crippen LogP contribution is 2.31. The molecule has 30 heavy (non-hydrogen) atoms. The molecule has 3 heterocycles. The SMILES string of the molecule is [C-]#[N+]c1cc(-n2cc3c(n2)CCC[C@H]3NC(=O)c2cc(C(F)(F)F)nn2C)ccn1. The molecule has 0 radical (unpaired) electrons. The monoisotopic (exact) mass is 415 g/mol. The first-order valence-corrected chi connectivity index (χ1v) is 9.10. The summed E-state index contributed by atoms with van der Waals surface area (Å²) in [6.45, 7) is 7.09. The largest absolute Gasteiger partial charge is 0.435 e. The van der Waals surface area contributed by atoms with Crippen LogP contribution in [0.1, 0.15) is 46.3 Å². The van der Waals surface area contributed by atoms with Gasteiger partial charge >= 0.3 is 6.18 Å². The van der Waals surface area contributed by atoms with E-state index in [9.17, 15) is 18.0 Å². The number of fused-ring (bicyclic) bond motifs is 1. The van der Waals surface area contributed by atoms with Gasteiger partial charge in [0.05, 0.1) is 17.4 Å². The number of carbonyl (C=O) groups is 1. The lowest BCUT2D eigenvalue weighted by Gasteiger charge is -2.22. The van der Waals surface area contributed by atoms with Gasteiger partial charge in [-0.05, 0) is 25.3 Å². The first-order chi connectivity index (χ1) is 14.3. The van der Waals surface area contributed by atoms with Crippen LogP contribution in [0.3, 0.4) is 0 Å². The molecule has 0 aromatic carbocycles. The smallest absolute Gasteiger partial charge is 0.361 e. The molecule has 8 nitrogen and oxygen atoms in total. The number of hydrogen-bond donors (Lipinski definition) is 1. The number of halogens is 3. The fourth-order valence-corrected chi connectivity index (χ4v) is 3.48. The number of pyridine rings is 1. The fourth-order valence-electron chi connectivity index (χ4n) is 3.48. The van der Waals surface area contributed by atoms with Crippen LogP contribution in [0, 0.1) is 6.57 Å². The molecular weight excluding hydrogens is 399 g/mol. The second-order valence-corrected chi connectivity index (χ2v) is 6.91. The Hall–Kier alpha value is -3.68. The zero-order valence-electron chi connectivity index (χ0n) is 15.8. The number of nitrogens with one attached hydrogen (secondary N) is 1. The normalized spacial score (nSPS) is 16.0. The van der Waals surface area contributed by atoms with Gasteiger partial charge in [0, 0.05) is 30.9 Å². The number of alkyl halides is 3. The number of amides is 1. The Morgan fingerprint density at radius 2 is 2.13 bits per heavy atom. The van der Waals surface area contributed by atoms with Crippen molar-refractivity contribution in [3.63, 3.8) is 0 Å². The summed E-state index contributed by atoms with van der Waals surface area (Å²) in [6.07, 6.45) is 0.801. The number of rotatable bonds is 3. The summed E-state index contributed by atoms with van der Waals surface area (Å²) in [5, 5.41) is 10.7. The summed E-state index contributed by atoms with van der Waals surface area (Å²) in [7, 11) is 1.30. The predicted octanol–water partition coefficient (Wildman–Crippen LogP) is 3.38. The van der Waals surface area contributed by atoms with Crippen LogP contribution in [-0.2, 0) is 19.6 Å². The van der Waals surface area contributed by atoms with Crippen molar-refractivity contribution in [1.82, 2.24) is 29.9 Å². The minimum Gasteiger partial charge on any atom is -0.361 e. The summed E-state index contributed by atoms with van der Waals surface area (Å²) in [4.78, 5) is 19.9. The maximum Gasteiger partial charge on any atom is 0.435 e. The Labute approximate surface area is 169 Å². The summed E-state index contributed by atoms with van der Waals surface area (Å²) in [6, 6.07) is 3.68. The van der Waals surface area contributed by atoms with Gasteiger partial charge in [0.25, 0.3) is 11.7 Å². The van der Waals surface area contributed by atoms with Crippen LogP contribution >= 0.6 is 0 Å². The molecule has 0 aliphatic heterocycles. The number of carbonyl (C=O) groups excluding carboxylic acids is 1. The molecule has 1 atom stereocenters. The summed E-state index contributed by atoms with van der Waals surface area (Å²) < 4.78 is 41.2. The highest BCUT2D eigenvalue weighted by Gasteiger charge is 2.36. The molecule has 11 heteroatoms. The third-order valence-electron chi connectivity index (χ3n) is 4.92. The molecule has 1 amide bonds. The molecular formula is C19H16F3N7O. The van der Waals surface area contributed by atoms with Crippen molar-refractivity contribution < 1.29 is 18.0 Å². The minimum atomic E-state index is -4.62. The van der Waals surface area contributed by atoms with Gasteiger partial charge in [-0.15, -0.1) is 4.98 Å². The van der Waals surface area contributed by atoms with Gasteiger partial charge in [-0.3, -0.25) is 9.48 Å². The van der Waals surface area contributed by atoms with Crippen LogP contribution in [0.2, 0.25) is 0 Å². The van der Waals surface area contributed by atoms with Crippen molar-refractivity contribution in [2.24, 2.45) is 7.05 Å². The highest BCUT2D eigenvalue weighted by molar-refractivity contribution is 5.93. The molecule has 4 rings (SSSR count). The van der Waals surface area contributed by atoms with Crippen LogP contribution in [-0.4, -0.2) is 30.5 Å². The molecule has 3 aromatic heterocycles. The lowest BCUT2D eigenvalue weighted by Crippen LogP contribution is -2.31. The van der Waals surface area contributed by atoms with Crippen LogP contribution in [0.25, 0.3) is 10.5 Å². The van der Waals surface area contributed by atoms with E-state index in [-0.39, 0.29) is 17.6 Å². The Morgan fingerprint density at radius 1 is 1.33 bits per heavy atom. The Kier molecular flexibility index (Phi) is 4.77. The van der Waals surface area contributed by atoms with E-state index in [1.807, 2.05) is 0 Å². The van der Waals surface area contributed by atoms with E-state index in [4.69, 9.17) is 6.57 Å². The first-order valence-electron chi connectivity index (χ1n) is 9.10. The van der Waals surface area contributed by atoms with Gasteiger partial charge in [0.15, 0.2) is 5.69 Å². The van der Waals surface area contributed by atoms with Gasteiger partial charge in [-0.1, -0.05) is 6.57 Å². The molecule has 0 spiro atoms. The third-order valence-corrected chi connectivity index (χ3v) is 4.92. The van der Waals surface area contributed by atoms with Crippen molar-refractivity contribution in [3.05, 3.63) is 64.7 Å². The summed E-state index contributed by atoms with van der Waals surface area (Å²) in [5.41, 5.74) is 0.984. The average Bonchev–Trinajstić information content (AvgIpc) is 3.32. The Morgan fingerprint density at radius 3 is 2.83 bits per heavy atom. The third kappa shape index (κ3) is 3.63. The second kappa shape index (κ2) is 7.29. The molecule has 1 N–H and O–H groups in total. The Bertz CT molecular complexity index is 1160. The lowest BCUT2D eigenvalue weighted by molar-refractivity contribution is -0.141. The number of aryl methyl sites for hydroxylation is 2. The summed E-state index contributed by atoms with van der Waals surface area (Å²) in [5.74, 6) is -0.396. The van der Waals surface area contributed by atoms with E-state index in [1.165, 1.54) is 13.2 Å². The van der Waals surface area contributed by atoms with E-state index >= 15 is 0 Å². The molecule has 0 bridgehead atoms. The highest BCUT2D eigenvalue weighted by atomic mass is 19.4. The number of nitrogens with zero attached hydrogens (tertiary/aromatic N) is 6. The van der Waals surface area contributed by atoms with Crippen molar-refractivity contribution in [2.75, 3.05) is 0 Å². The molecule has 1 aliphatic rings. The van der Waals surface area contributed by atoms with Gasteiger partial charge in [0.2, 0.25) is 0 Å². The van der Waals surface area contributed by atoms with E-state index in [0.717, 1.165) is 34.8 Å². The van der Waals surface area contributed by atoms with Crippen molar-refractivity contribution >= 4 is 11.7 Å². The zero-order chi connectivity index (χ0) is 21.5. The maximum atomic E-state index is 12.9. The zero-order valence-corrected chi connectivity index (χ0v) is 15.8. The van der Waals surface area contributed by atoms with Gasteiger partial charge in [-0.25, -0.2) is 4.68 Å². The van der Waals surface area contributed by atoms with E-state index < -0.39 is 17.8 Å². The van der Waals surface area contributed by atoms with Gasteiger partial charge in [0.1, 0.15) is 11.9 Å². The molecule has 0 saturated heterocycles. The van der Waals surface area contributed by atoms with Gasteiger partial charge < -0.3 is 10.2 Å². The molecule has 0 fully saturated rings. The topological polar surface area (TPSA) is 82.0 Å². The van der Waals surface area contributed by atoms with Crippen LogP contribution in [0.4, 0.5) is 19.0 Å². The first kappa shape index (κ1) is 19.6. The van der Waals surface area contributed by atoms with E-state index in [2.05, 4.69) is 25.3 Å².